The van der Waals surface area contributed by atoms with Crippen molar-refractivity contribution in [2.75, 3.05) is 13.2 Å². The van der Waals surface area contributed by atoms with Crippen LogP contribution in [0.1, 0.15) is 6.42 Å². The quantitative estimate of drug-likeness (QED) is 0.645. The molecule has 0 aliphatic heterocycles. The van der Waals surface area contributed by atoms with Crippen LogP contribution in [-0.4, -0.2) is 37.5 Å². The van der Waals surface area contributed by atoms with Crippen LogP contribution in [0, 0.1) is 0 Å². The van der Waals surface area contributed by atoms with Gasteiger partial charge in [-0.25, -0.2) is 4.79 Å². The molecular formula is C10H14N6O3. The van der Waals surface area contributed by atoms with Gasteiger partial charge in [0.1, 0.15) is 0 Å². The molecule has 0 unspecified atom stereocenters. The Bertz CT molecular complexity index is 720. The lowest BCUT2D eigenvalue weighted by molar-refractivity contribution is 0.286. The van der Waals surface area contributed by atoms with Crippen LogP contribution in [0.3, 0.4) is 0 Å². The average molecular weight is 266 g/mol. The standard InChI is InChI=1S/C10H14N6O3/c1-15-7-6(8(17)16(2)10(15)18)12-9(14-13-7)19-5-3-4-11/h3-5,11H2,1-2H3. The van der Waals surface area contributed by atoms with Gasteiger partial charge in [-0.1, -0.05) is 5.10 Å². The van der Waals surface area contributed by atoms with E-state index in [2.05, 4.69) is 15.2 Å². The molecular weight excluding hydrogens is 252 g/mol. The molecule has 2 aromatic rings. The minimum Gasteiger partial charge on any atom is -0.462 e. The zero-order valence-corrected chi connectivity index (χ0v) is 10.7. The first kappa shape index (κ1) is 13.1. The fraction of sp³-hybridized carbons (Fsp3) is 0.500. The first-order valence-corrected chi connectivity index (χ1v) is 5.69. The summed E-state index contributed by atoms with van der Waals surface area (Å²) in [5, 5.41) is 7.52. The molecule has 0 bridgehead atoms. The van der Waals surface area contributed by atoms with Crippen molar-refractivity contribution in [3.63, 3.8) is 0 Å². The zero-order valence-electron chi connectivity index (χ0n) is 10.7. The third-order valence-electron chi connectivity index (χ3n) is 2.63. The molecule has 0 radical (unpaired) electrons. The summed E-state index contributed by atoms with van der Waals surface area (Å²) in [4.78, 5) is 27.6. The van der Waals surface area contributed by atoms with E-state index in [1.165, 1.54) is 18.7 Å². The molecule has 2 N–H and O–H groups in total. The number of nitrogens with two attached hydrogens (primary N) is 1. The van der Waals surface area contributed by atoms with Gasteiger partial charge in [0, 0.05) is 14.1 Å². The average Bonchev–Trinajstić information content (AvgIpc) is 2.43. The highest BCUT2D eigenvalue weighted by Crippen LogP contribution is 2.05. The van der Waals surface area contributed by atoms with Gasteiger partial charge in [-0.15, -0.1) is 5.10 Å². The maximum atomic E-state index is 11.9. The summed E-state index contributed by atoms with van der Waals surface area (Å²) in [5.41, 5.74) is 4.49. The number of aryl methyl sites for hydroxylation is 1. The van der Waals surface area contributed by atoms with Crippen LogP contribution in [0.2, 0.25) is 0 Å². The number of aromatic nitrogens is 5. The van der Waals surface area contributed by atoms with E-state index in [1.54, 1.807) is 0 Å². The fourth-order valence-corrected chi connectivity index (χ4v) is 1.54. The summed E-state index contributed by atoms with van der Waals surface area (Å²) in [6.45, 7) is 0.826. The normalized spacial score (nSPS) is 10.9. The Labute approximate surface area is 107 Å². The lowest BCUT2D eigenvalue weighted by atomic mass is 10.5. The van der Waals surface area contributed by atoms with Crippen molar-refractivity contribution in [3.8, 4) is 6.01 Å². The van der Waals surface area contributed by atoms with Crippen LogP contribution in [-0.2, 0) is 14.1 Å². The Hall–Kier alpha value is -2.29. The molecule has 9 nitrogen and oxygen atoms in total. The van der Waals surface area contributed by atoms with E-state index in [4.69, 9.17) is 10.5 Å². The highest BCUT2D eigenvalue weighted by atomic mass is 16.5. The molecule has 0 atom stereocenters. The van der Waals surface area contributed by atoms with Crippen LogP contribution in [0.5, 0.6) is 6.01 Å². The number of hydrogen-bond donors (Lipinski definition) is 1. The molecule has 2 aromatic heterocycles. The summed E-state index contributed by atoms with van der Waals surface area (Å²) < 4.78 is 7.39. The Morgan fingerprint density at radius 2 is 1.95 bits per heavy atom. The van der Waals surface area contributed by atoms with Crippen LogP contribution in [0.15, 0.2) is 9.59 Å². The maximum absolute atomic E-state index is 11.9. The molecule has 9 heteroatoms. The summed E-state index contributed by atoms with van der Waals surface area (Å²) >= 11 is 0. The van der Waals surface area contributed by atoms with Gasteiger partial charge < -0.3 is 10.5 Å². The van der Waals surface area contributed by atoms with Crippen LogP contribution < -0.4 is 21.7 Å². The molecule has 102 valence electrons. The fourth-order valence-electron chi connectivity index (χ4n) is 1.54. The van der Waals surface area contributed by atoms with Crippen LogP contribution in [0.25, 0.3) is 11.2 Å². The molecule has 2 heterocycles. The molecule has 0 saturated heterocycles. The molecule has 2 rings (SSSR count). The predicted molar refractivity (Wildman–Crippen MR) is 67.0 cm³/mol. The van der Waals surface area contributed by atoms with Crippen molar-refractivity contribution in [1.82, 2.24) is 24.3 Å². The van der Waals surface area contributed by atoms with Crippen molar-refractivity contribution in [2.24, 2.45) is 19.8 Å². The Kier molecular flexibility index (Phi) is 3.56. The lowest BCUT2D eigenvalue weighted by Crippen LogP contribution is -2.37. The molecule has 0 aliphatic carbocycles. The summed E-state index contributed by atoms with van der Waals surface area (Å²) in [6.07, 6.45) is 0.646. The minimum atomic E-state index is -0.531. The van der Waals surface area contributed by atoms with Crippen molar-refractivity contribution in [2.45, 2.75) is 6.42 Å². The van der Waals surface area contributed by atoms with Crippen LogP contribution >= 0.6 is 0 Å². The first-order chi connectivity index (χ1) is 9.06. The second-order valence-corrected chi connectivity index (χ2v) is 3.96. The van der Waals surface area contributed by atoms with Gasteiger partial charge in [-0.3, -0.25) is 13.9 Å². The monoisotopic (exact) mass is 266 g/mol. The Morgan fingerprint density at radius 1 is 1.21 bits per heavy atom. The third kappa shape index (κ3) is 2.32. The number of hydrogen-bond acceptors (Lipinski definition) is 7. The van der Waals surface area contributed by atoms with E-state index in [9.17, 15) is 9.59 Å². The Morgan fingerprint density at radius 3 is 2.63 bits per heavy atom. The largest absolute Gasteiger partial charge is 0.462 e. The van der Waals surface area contributed by atoms with Crippen molar-refractivity contribution >= 4 is 11.2 Å². The highest BCUT2D eigenvalue weighted by molar-refractivity contribution is 5.67. The summed E-state index contributed by atoms with van der Waals surface area (Å²) in [5.74, 6) is 0. The number of rotatable bonds is 4. The minimum absolute atomic E-state index is 0.00306. The zero-order chi connectivity index (χ0) is 14.0. The molecule has 0 fully saturated rings. The molecule has 0 aliphatic rings. The first-order valence-electron chi connectivity index (χ1n) is 5.69. The number of ether oxygens (including phenoxy) is 1. The van der Waals surface area contributed by atoms with Gasteiger partial charge in [-0.2, -0.15) is 4.98 Å². The maximum Gasteiger partial charge on any atom is 0.336 e. The van der Waals surface area contributed by atoms with E-state index in [0.29, 0.717) is 19.6 Å². The smallest absolute Gasteiger partial charge is 0.336 e. The van der Waals surface area contributed by atoms with Gasteiger partial charge in [0.25, 0.3) is 5.56 Å². The van der Waals surface area contributed by atoms with E-state index >= 15 is 0 Å². The predicted octanol–water partition coefficient (Wildman–Crippen LogP) is -1.85. The second kappa shape index (κ2) is 5.14. The molecule has 0 saturated carbocycles. The van der Waals surface area contributed by atoms with E-state index in [0.717, 1.165) is 4.57 Å². The van der Waals surface area contributed by atoms with Crippen molar-refractivity contribution < 1.29 is 4.74 Å². The lowest BCUT2D eigenvalue weighted by Gasteiger charge is -2.06. The van der Waals surface area contributed by atoms with Gasteiger partial charge in [-0.05, 0) is 13.0 Å². The summed E-state index contributed by atoms with van der Waals surface area (Å²) in [6, 6.07) is -0.00306. The van der Waals surface area contributed by atoms with Crippen LogP contribution in [0.4, 0.5) is 0 Å². The summed E-state index contributed by atoms with van der Waals surface area (Å²) in [7, 11) is 2.87. The number of fused-ring (bicyclic) bond motifs is 1. The van der Waals surface area contributed by atoms with Gasteiger partial charge in [0.05, 0.1) is 6.61 Å². The van der Waals surface area contributed by atoms with Crippen molar-refractivity contribution in [1.29, 1.82) is 0 Å². The van der Waals surface area contributed by atoms with Gasteiger partial charge in [0.15, 0.2) is 11.2 Å². The SMILES string of the molecule is Cn1c(=O)c2nc(OCCCN)nnc2n(C)c1=O. The molecule has 0 aromatic carbocycles. The molecule has 0 amide bonds. The number of nitrogens with zero attached hydrogens (tertiary/aromatic N) is 5. The highest BCUT2D eigenvalue weighted by Gasteiger charge is 2.13. The molecule has 0 spiro atoms. The van der Waals surface area contributed by atoms with Crippen molar-refractivity contribution in [3.05, 3.63) is 20.8 Å². The third-order valence-corrected chi connectivity index (χ3v) is 2.63. The van der Waals surface area contributed by atoms with Gasteiger partial charge >= 0.3 is 11.7 Å². The molecule has 19 heavy (non-hydrogen) atoms. The van der Waals surface area contributed by atoms with E-state index in [-0.39, 0.29) is 17.2 Å². The van der Waals surface area contributed by atoms with E-state index < -0.39 is 11.2 Å². The second-order valence-electron chi connectivity index (χ2n) is 3.96. The topological polar surface area (TPSA) is 118 Å². The van der Waals surface area contributed by atoms with E-state index in [1.807, 2.05) is 0 Å². The Balaban J connectivity index is 2.54. The van der Waals surface area contributed by atoms with Gasteiger partial charge in [0.2, 0.25) is 0 Å².